The van der Waals surface area contributed by atoms with Gasteiger partial charge in [-0.15, -0.1) is 0 Å². The second-order valence-electron chi connectivity index (χ2n) is 6.06. The van der Waals surface area contributed by atoms with Crippen molar-refractivity contribution in [2.75, 3.05) is 19.7 Å². The van der Waals surface area contributed by atoms with Crippen LogP contribution in [0.25, 0.3) is 0 Å². The molecule has 0 bridgehead atoms. The number of benzene rings is 1. The minimum atomic E-state index is -0.338. The molecule has 2 aromatic rings. The van der Waals surface area contributed by atoms with Crippen LogP contribution in [0, 0.1) is 5.82 Å². The molecule has 1 aromatic heterocycles. The first-order valence-corrected chi connectivity index (χ1v) is 8.70. The van der Waals surface area contributed by atoms with E-state index in [2.05, 4.69) is 9.88 Å². The minimum Gasteiger partial charge on any atom is -0.466 e. The molecule has 0 radical (unpaired) electrons. The molecule has 3 rings (SSSR count). The molecule has 0 aliphatic carbocycles. The molecule has 1 aliphatic heterocycles. The van der Waals surface area contributed by atoms with Gasteiger partial charge in [-0.25, -0.2) is 9.18 Å². The van der Waals surface area contributed by atoms with Crippen molar-refractivity contribution in [3.05, 3.63) is 59.7 Å². The summed E-state index contributed by atoms with van der Waals surface area (Å²) in [6, 6.07) is 9.53. The topological polar surface area (TPSA) is 63.6 Å². The Morgan fingerprint density at radius 3 is 2.73 bits per heavy atom. The summed E-state index contributed by atoms with van der Waals surface area (Å²) in [5, 5.41) is 2.78. The zero-order valence-electron chi connectivity index (χ0n) is 14.7. The van der Waals surface area contributed by atoms with Crippen molar-refractivity contribution in [1.82, 2.24) is 14.8 Å². The molecular formula is C19H22FN3O3. The van der Waals surface area contributed by atoms with Gasteiger partial charge in [0.05, 0.1) is 19.1 Å². The fourth-order valence-corrected chi connectivity index (χ4v) is 3.20. The van der Waals surface area contributed by atoms with Crippen LogP contribution in [0.4, 0.5) is 9.18 Å². The molecule has 0 saturated heterocycles. The quantitative estimate of drug-likeness (QED) is 0.835. The molecule has 0 saturated carbocycles. The van der Waals surface area contributed by atoms with Crippen LogP contribution in [0.3, 0.4) is 0 Å². The minimum absolute atomic E-state index is 0.130. The summed E-state index contributed by atoms with van der Waals surface area (Å²) in [5.74, 6) is -0.652. The molecule has 2 heterocycles. The number of esters is 1. The highest BCUT2D eigenvalue weighted by Gasteiger charge is 2.32. The van der Waals surface area contributed by atoms with Crippen molar-refractivity contribution < 1.29 is 18.7 Å². The van der Waals surface area contributed by atoms with Gasteiger partial charge in [-0.05, 0) is 36.8 Å². The van der Waals surface area contributed by atoms with E-state index < -0.39 is 0 Å². The predicted molar refractivity (Wildman–Crippen MR) is 94.0 cm³/mol. The molecule has 0 spiro atoms. The average molecular weight is 359 g/mol. The lowest BCUT2D eigenvalue weighted by atomic mass is 10.0. The Kier molecular flexibility index (Phi) is 5.55. The fraction of sp³-hybridized carbons (Fsp3) is 0.368. The van der Waals surface area contributed by atoms with Crippen LogP contribution >= 0.6 is 0 Å². The third-order valence-corrected chi connectivity index (χ3v) is 4.40. The van der Waals surface area contributed by atoms with Crippen molar-refractivity contribution in [2.24, 2.45) is 0 Å². The zero-order valence-corrected chi connectivity index (χ0v) is 14.7. The molecule has 1 unspecified atom stereocenters. The maximum absolute atomic E-state index is 13.3. The average Bonchev–Trinajstić information content (AvgIpc) is 3.10. The van der Waals surface area contributed by atoms with Crippen LogP contribution in [0.5, 0.6) is 0 Å². The summed E-state index contributed by atoms with van der Waals surface area (Å²) in [4.78, 5) is 25.8. The summed E-state index contributed by atoms with van der Waals surface area (Å²) in [5.41, 5.74) is 1.81. The second kappa shape index (κ2) is 8.03. The SMILES string of the molecule is CCOC(=O)CCNC(=O)N1CCn2cccc2C1c1ccc(F)cc1. The number of hydrogen-bond acceptors (Lipinski definition) is 3. The Hall–Kier alpha value is -2.83. The van der Waals surface area contributed by atoms with Crippen LogP contribution in [-0.4, -0.2) is 41.2 Å². The summed E-state index contributed by atoms with van der Waals surface area (Å²) in [7, 11) is 0. The van der Waals surface area contributed by atoms with E-state index in [1.165, 1.54) is 12.1 Å². The van der Waals surface area contributed by atoms with E-state index in [9.17, 15) is 14.0 Å². The predicted octanol–water partition coefficient (Wildman–Crippen LogP) is 2.70. The Bertz CT molecular complexity index is 773. The number of nitrogens with zero attached hydrogens (tertiary/aromatic N) is 2. The van der Waals surface area contributed by atoms with E-state index in [1.54, 1.807) is 24.0 Å². The maximum Gasteiger partial charge on any atom is 0.318 e. The van der Waals surface area contributed by atoms with Crippen molar-refractivity contribution in [2.45, 2.75) is 25.9 Å². The van der Waals surface area contributed by atoms with Gasteiger partial charge in [-0.2, -0.15) is 0 Å². The Labute approximate surface area is 151 Å². The highest BCUT2D eigenvalue weighted by Crippen LogP contribution is 2.32. The number of ether oxygens (including phenoxy) is 1. The van der Waals surface area contributed by atoms with Crippen molar-refractivity contribution in [1.29, 1.82) is 0 Å². The van der Waals surface area contributed by atoms with Crippen molar-refractivity contribution in [3.63, 3.8) is 0 Å². The summed E-state index contributed by atoms with van der Waals surface area (Å²) in [6.45, 7) is 3.49. The maximum atomic E-state index is 13.3. The van der Waals surface area contributed by atoms with E-state index >= 15 is 0 Å². The Morgan fingerprint density at radius 2 is 2.00 bits per heavy atom. The van der Waals surface area contributed by atoms with Gasteiger partial charge in [0.2, 0.25) is 0 Å². The molecule has 138 valence electrons. The normalized spacial score (nSPS) is 16.1. The first-order chi connectivity index (χ1) is 12.6. The van der Waals surface area contributed by atoms with Crippen LogP contribution < -0.4 is 5.32 Å². The van der Waals surface area contributed by atoms with Gasteiger partial charge < -0.3 is 19.5 Å². The number of fused-ring (bicyclic) bond motifs is 1. The molecule has 1 aromatic carbocycles. The van der Waals surface area contributed by atoms with E-state index in [1.807, 2.05) is 18.3 Å². The van der Waals surface area contributed by atoms with Gasteiger partial charge in [-0.3, -0.25) is 4.79 Å². The first kappa shape index (κ1) is 18.0. The van der Waals surface area contributed by atoms with Crippen molar-refractivity contribution in [3.8, 4) is 0 Å². The van der Waals surface area contributed by atoms with Gasteiger partial charge in [0, 0.05) is 31.5 Å². The molecule has 1 aliphatic rings. The number of carbonyl (C=O) groups excluding carboxylic acids is 2. The van der Waals surface area contributed by atoms with Crippen LogP contribution in [0.15, 0.2) is 42.6 Å². The number of aromatic nitrogens is 1. The third-order valence-electron chi connectivity index (χ3n) is 4.40. The highest BCUT2D eigenvalue weighted by atomic mass is 19.1. The van der Waals surface area contributed by atoms with Crippen LogP contribution in [0.1, 0.15) is 30.6 Å². The first-order valence-electron chi connectivity index (χ1n) is 8.70. The standard InChI is InChI=1S/C19H22FN3O3/c1-2-26-17(24)9-10-21-19(25)23-13-12-22-11-3-4-16(22)18(23)14-5-7-15(20)8-6-14/h3-8,11,18H,2,9-10,12-13H2,1H3,(H,21,25). The van der Waals surface area contributed by atoms with E-state index in [-0.39, 0.29) is 36.8 Å². The van der Waals surface area contributed by atoms with Gasteiger partial charge >= 0.3 is 12.0 Å². The van der Waals surface area contributed by atoms with E-state index in [4.69, 9.17) is 4.74 Å². The molecule has 7 heteroatoms. The monoisotopic (exact) mass is 359 g/mol. The Balaban J connectivity index is 1.75. The number of urea groups is 1. The van der Waals surface area contributed by atoms with Crippen molar-refractivity contribution >= 4 is 12.0 Å². The molecule has 26 heavy (non-hydrogen) atoms. The lowest BCUT2D eigenvalue weighted by molar-refractivity contribution is -0.142. The number of rotatable bonds is 5. The van der Waals surface area contributed by atoms with Crippen LogP contribution in [-0.2, 0) is 16.1 Å². The van der Waals surface area contributed by atoms with Gasteiger partial charge in [-0.1, -0.05) is 12.1 Å². The summed E-state index contributed by atoms with van der Waals surface area (Å²) < 4.78 is 20.3. The second-order valence-corrected chi connectivity index (χ2v) is 6.06. The molecule has 2 amide bonds. The van der Waals surface area contributed by atoms with E-state index in [0.29, 0.717) is 19.7 Å². The fourth-order valence-electron chi connectivity index (χ4n) is 3.20. The molecule has 0 fully saturated rings. The lowest BCUT2D eigenvalue weighted by Crippen LogP contribution is -2.47. The molecular weight excluding hydrogens is 337 g/mol. The van der Waals surface area contributed by atoms with Gasteiger partial charge in [0.15, 0.2) is 0 Å². The zero-order chi connectivity index (χ0) is 18.5. The number of hydrogen-bond donors (Lipinski definition) is 1. The van der Waals surface area contributed by atoms with E-state index in [0.717, 1.165) is 11.3 Å². The molecule has 1 atom stereocenters. The number of carbonyl (C=O) groups is 2. The number of halogens is 1. The Morgan fingerprint density at radius 1 is 1.23 bits per heavy atom. The number of nitrogens with one attached hydrogen (secondary N) is 1. The highest BCUT2D eigenvalue weighted by molar-refractivity contribution is 5.76. The van der Waals surface area contributed by atoms with Gasteiger partial charge in [0.1, 0.15) is 5.82 Å². The summed E-state index contributed by atoms with van der Waals surface area (Å²) >= 11 is 0. The third kappa shape index (κ3) is 3.87. The van der Waals surface area contributed by atoms with Gasteiger partial charge in [0.25, 0.3) is 0 Å². The van der Waals surface area contributed by atoms with Crippen LogP contribution in [0.2, 0.25) is 0 Å². The molecule has 6 nitrogen and oxygen atoms in total. The molecule has 1 N–H and O–H groups in total. The number of amides is 2. The lowest BCUT2D eigenvalue weighted by Gasteiger charge is -2.37. The summed E-state index contributed by atoms with van der Waals surface area (Å²) in [6.07, 6.45) is 2.10. The smallest absolute Gasteiger partial charge is 0.318 e. The largest absolute Gasteiger partial charge is 0.466 e.